The van der Waals surface area contributed by atoms with Crippen LogP contribution in [0.15, 0.2) is 54.6 Å². The van der Waals surface area contributed by atoms with Gasteiger partial charge in [-0.2, -0.15) is 0 Å². The summed E-state index contributed by atoms with van der Waals surface area (Å²) < 4.78 is 5.67. The first-order valence-electron chi connectivity index (χ1n) is 10.3. The fourth-order valence-corrected chi connectivity index (χ4v) is 2.68. The highest BCUT2D eigenvalue weighted by Gasteiger charge is 2.14. The summed E-state index contributed by atoms with van der Waals surface area (Å²) in [5, 5.41) is 5.17. The van der Waals surface area contributed by atoms with Gasteiger partial charge in [0.05, 0.1) is 12.2 Å². The molecule has 3 amide bonds. The van der Waals surface area contributed by atoms with Crippen LogP contribution in [0.25, 0.3) is 0 Å². The van der Waals surface area contributed by atoms with Gasteiger partial charge in [0.1, 0.15) is 5.75 Å². The van der Waals surface area contributed by atoms with Gasteiger partial charge < -0.3 is 10.1 Å². The van der Waals surface area contributed by atoms with E-state index in [4.69, 9.17) is 17.0 Å². The van der Waals surface area contributed by atoms with Gasteiger partial charge in [-0.1, -0.05) is 56.3 Å². The van der Waals surface area contributed by atoms with E-state index in [2.05, 4.69) is 21.5 Å². The predicted octanol–water partition coefficient (Wildman–Crippen LogP) is 2.45. The molecule has 0 radical (unpaired) electrons. The van der Waals surface area contributed by atoms with Crippen molar-refractivity contribution in [2.75, 3.05) is 6.61 Å². The number of ether oxygens (including phenoxy) is 1. The maximum Gasteiger partial charge on any atom is 0.261 e. The van der Waals surface area contributed by atoms with E-state index in [-0.39, 0.29) is 23.9 Å². The highest BCUT2D eigenvalue weighted by molar-refractivity contribution is 7.80. The van der Waals surface area contributed by atoms with Gasteiger partial charge in [0, 0.05) is 19.4 Å². The molecule has 0 heterocycles. The van der Waals surface area contributed by atoms with E-state index < -0.39 is 11.8 Å². The second kappa shape index (κ2) is 13.1. The van der Waals surface area contributed by atoms with Crippen LogP contribution in [0.5, 0.6) is 5.75 Å². The number of benzene rings is 2. The van der Waals surface area contributed by atoms with E-state index in [1.54, 1.807) is 24.3 Å². The van der Waals surface area contributed by atoms with Crippen LogP contribution in [0.3, 0.4) is 0 Å². The Morgan fingerprint density at radius 3 is 2.28 bits per heavy atom. The summed E-state index contributed by atoms with van der Waals surface area (Å²) in [6.45, 7) is 4.90. The Morgan fingerprint density at radius 1 is 0.906 bits per heavy atom. The van der Waals surface area contributed by atoms with E-state index in [0.29, 0.717) is 30.4 Å². The highest BCUT2D eigenvalue weighted by atomic mass is 32.1. The maximum absolute atomic E-state index is 12.5. The zero-order valence-corrected chi connectivity index (χ0v) is 19.0. The fourth-order valence-electron chi connectivity index (χ4n) is 2.54. The minimum absolute atomic E-state index is 0.0278. The second-order valence-corrected chi connectivity index (χ2v) is 7.83. The van der Waals surface area contributed by atoms with Crippen molar-refractivity contribution >= 4 is 35.1 Å². The molecule has 0 fully saturated rings. The number of carbonyl (C=O) groups is 3. The average molecular weight is 457 g/mol. The van der Waals surface area contributed by atoms with E-state index in [9.17, 15) is 14.4 Å². The molecular formula is C23H28N4O4S. The summed E-state index contributed by atoms with van der Waals surface area (Å²) >= 11 is 5.05. The molecule has 0 saturated heterocycles. The van der Waals surface area contributed by atoms with Crippen molar-refractivity contribution < 1.29 is 19.1 Å². The van der Waals surface area contributed by atoms with Crippen LogP contribution in [0.1, 0.15) is 42.6 Å². The number of nitrogens with one attached hydrogen (secondary N) is 4. The molecule has 0 aliphatic heterocycles. The third kappa shape index (κ3) is 9.13. The summed E-state index contributed by atoms with van der Waals surface area (Å²) in [5.74, 6) is -0.372. The van der Waals surface area contributed by atoms with Crippen LogP contribution in [0.4, 0.5) is 0 Å². The molecule has 9 heteroatoms. The minimum Gasteiger partial charge on any atom is -0.492 e. The Morgan fingerprint density at radius 2 is 1.56 bits per heavy atom. The average Bonchev–Trinajstić information content (AvgIpc) is 2.79. The van der Waals surface area contributed by atoms with Crippen molar-refractivity contribution in [3.8, 4) is 5.75 Å². The Hall–Kier alpha value is -3.46. The van der Waals surface area contributed by atoms with Crippen LogP contribution >= 0.6 is 12.2 Å². The Labute approximate surface area is 193 Å². The van der Waals surface area contributed by atoms with Gasteiger partial charge in [-0.3, -0.25) is 30.6 Å². The molecule has 2 aromatic carbocycles. The molecule has 32 heavy (non-hydrogen) atoms. The van der Waals surface area contributed by atoms with Crippen LogP contribution in [-0.4, -0.2) is 29.4 Å². The monoisotopic (exact) mass is 456 g/mol. The van der Waals surface area contributed by atoms with Gasteiger partial charge in [-0.05, 0) is 35.8 Å². The molecule has 2 aromatic rings. The molecule has 0 bridgehead atoms. The Balaban J connectivity index is 1.70. The van der Waals surface area contributed by atoms with Crippen molar-refractivity contribution in [3.05, 3.63) is 65.7 Å². The summed E-state index contributed by atoms with van der Waals surface area (Å²) in [7, 11) is 0. The first kappa shape index (κ1) is 24.8. The van der Waals surface area contributed by atoms with Crippen molar-refractivity contribution in [2.45, 2.75) is 33.2 Å². The summed E-state index contributed by atoms with van der Waals surface area (Å²) in [6.07, 6.45) is -0.00388. The molecule has 170 valence electrons. The van der Waals surface area contributed by atoms with Gasteiger partial charge in [0.2, 0.25) is 11.8 Å². The topological polar surface area (TPSA) is 109 Å². The molecule has 0 unspecified atom stereocenters. The summed E-state index contributed by atoms with van der Waals surface area (Å²) in [4.78, 5) is 36.3. The number of hydrogen-bond donors (Lipinski definition) is 4. The SMILES string of the molecule is CC(C)COc1ccccc1C(=O)NC(=S)NNC(=O)CCC(=O)NCc1ccccc1. The Bertz CT molecular complexity index is 935. The van der Waals surface area contributed by atoms with Crippen LogP contribution in [0.2, 0.25) is 0 Å². The molecule has 4 N–H and O–H groups in total. The van der Waals surface area contributed by atoms with E-state index in [1.807, 2.05) is 44.2 Å². The number of hydrazine groups is 1. The Kier molecular flexibility index (Phi) is 10.1. The molecular weight excluding hydrogens is 428 g/mol. The third-order valence-electron chi connectivity index (χ3n) is 4.16. The number of para-hydroxylation sites is 1. The number of carbonyl (C=O) groups excluding carboxylic acids is 3. The molecule has 0 spiro atoms. The molecule has 0 saturated carbocycles. The minimum atomic E-state index is -0.462. The predicted molar refractivity (Wildman–Crippen MR) is 126 cm³/mol. The quantitative estimate of drug-likeness (QED) is 0.341. The van der Waals surface area contributed by atoms with E-state index >= 15 is 0 Å². The number of thiocarbonyl (C=S) groups is 1. The largest absolute Gasteiger partial charge is 0.492 e. The lowest BCUT2D eigenvalue weighted by molar-refractivity contribution is -0.126. The normalized spacial score (nSPS) is 10.2. The smallest absolute Gasteiger partial charge is 0.261 e. The van der Waals surface area contributed by atoms with Crippen molar-refractivity contribution in [2.24, 2.45) is 5.92 Å². The van der Waals surface area contributed by atoms with Gasteiger partial charge in [0.25, 0.3) is 5.91 Å². The van der Waals surface area contributed by atoms with Crippen molar-refractivity contribution in [1.29, 1.82) is 0 Å². The van der Waals surface area contributed by atoms with Crippen molar-refractivity contribution in [1.82, 2.24) is 21.5 Å². The van der Waals surface area contributed by atoms with E-state index in [0.717, 1.165) is 5.56 Å². The molecule has 0 atom stereocenters. The lowest BCUT2D eigenvalue weighted by atomic mass is 10.2. The maximum atomic E-state index is 12.5. The van der Waals surface area contributed by atoms with Gasteiger partial charge in [0.15, 0.2) is 5.11 Å². The molecule has 8 nitrogen and oxygen atoms in total. The van der Waals surface area contributed by atoms with E-state index in [1.165, 1.54) is 0 Å². The third-order valence-corrected chi connectivity index (χ3v) is 4.36. The number of rotatable bonds is 9. The van der Waals surface area contributed by atoms with Crippen LogP contribution in [-0.2, 0) is 16.1 Å². The fraction of sp³-hybridized carbons (Fsp3) is 0.304. The molecule has 0 aromatic heterocycles. The molecule has 2 rings (SSSR count). The number of hydrogen-bond acceptors (Lipinski definition) is 5. The van der Waals surface area contributed by atoms with Gasteiger partial charge >= 0.3 is 0 Å². The first-order chi connectivity index (χ1) is 15.3. The lowest BCUT2D eigenvalue weighted by Crippen LogP contribution is -2.48. The van der Waals surface area contributed by atoms with Gasteiger partial charge in [-0.15, -0.1) is 0 Å². The standard InChI is InChI=1S/C23H28N4O4S/c1-16(2)15-31-19-11-7-6-10-18(19)22(30)25-23(32)27-26-21(29)13-12-20(28)24-14-17-8-4-3-5-9-17/h3-11,16H,12-15H2,1-2H3,(H,24,28)(H,26,29)(H2,25,27,30,32). The highest BCUT2D eigenvalue weighted by Crippen LogP contribution is 2.18. The molecule has 0 aliphatic carbocycles. The van der Waals surface area contributed by atoms with Crippen molar-refractivity contribution in [3.63, 3.8) is 0 Å². The first-order valence-corrected chi connectivity index (χ1v) is 10.7. The zero-order valence-electron chi connectivity index (χ0n) is 18.1. The summed E-state index contributed by atoms with van der Waals surface area (Å²) in [6, 6.07) is 16.3. The molecule has 0 aliphatic rings. The van der Waals surface area contributed by atoms with Crippen LogP contribution in [0, 0.1) is 5.92 Å². The zero-order chi connectivity index (χ0) is 23.3. The lowest BCUT2D eigenvalue weighted by Gasteiger charge is -2.14. The van der Waals surface area contributed by atoms with Crippen LogP contribution < -0.4 is 26.2 Å². The van der Waals surface area contributed by atoms with Gasteiger partial charge in [-0.25, -0.2) is 0 Å². The summed E-state index contributed by atoms with van der Waals surface area (Å²) in [5.41, 5.74) is 6.14. The number of amides is 3. The second-order valence-electron chi connectivity index (χ2n) is 7.42.